The van der Waals surface area contributed by atoms with Gasteiger partial charge in [0.05, 0.1) is 6.61 Å². The van der Waals surface area contributed by atoms with Gasteiger partial charge in [0.1, 0.15) is 5.75 Å². The second-order valence-corrected chi connectivity index (χ2v) is 5.19. The molecule has 3 nitrogen and oxygen atoms in total. The Morgan fingerprint density at radius 3 is 2.79 bits per heavy atom. The molecule has 0 amide bonds. The Hall–Kier alpha value is -1.39. The lowest BCUT2D eigenvalue weighted by Crippen LogP contribution is -1.97. The zero-order chi connectivity index (χ0) is 13.7. The topological polar surface area (TPSA) is 42.4 Å². The molecule has 0 fully saturated rings. The molecule has 0 aliphatic rings. The second-order valence-electron chi connectivity index (χ2n) is 4.27. The first-order valence-corrected chi connectivity index (χ1v) is 7.04. The van der Waals surface area contributed by atoms with E-state index in [1.165, 1.54) is 0 Å². The van der Waals surface area contributed by atoms with E-state index in [0.29, 0.717) is 5.88 Å². The highest BCUT2D eigenvalue weighted by Crippen LogP contribution is 2.24. The summed E-state index contributed by atoms with van der Waals surface area (Å²) in [5.41, 5.74) is 1.77. The van der Waals surface area contributed by atoms with Crippen molar-refractivity contribution >= 4 is 15.9 Å². The minimum atomic E-state index is -0.00587. The number of hydrogen-bond donors (Lipinski definition) is 1. The maximum absolute atomic E-state index is 9.27. The molecule has 2 rings (SSSR count). The van der Waals surface area contributed by atoms with Crippen LogP contribution in [0.1, 0.15) is 24.6 Å². The second kappa shape index (κ2) is 6.68. The van der Waals surface area contributed by atoms with Crippen molar-refractivity contribution < 1.29 is 9.84 Å². The van der Waals surface area contributed by atoms with Crippen molar-refractivity contribution in [1.82, 2.24) is 4.98 Å². The molecule has 0 aliphatic heterocycles. The van der Waals surface area contributed by atoms with Gasteiger partial charge < -0.3 is 9.84 Å². The summed E-state index contributed by atoms with van der Waals surface area (Å²) in [5, 5.41) is 9.27. The smallest absolute Gasteiger partial charge is 0.219 e. The average Bonchev–Trinajstić information content (AvgIpc) is 2.39. The highest BCUT2D eigenvalue weighted by atomic mass is 79.9. The first kappa shape index (κ1) is 14.0. The van der Waals surface area contributed by atoms with Crippen LogP contribution >= 0.6 is 15.9 Å². The number of rotatable bonds is 5. The van der Waals surface area contributed by atoms with E-state index in [-0.39, 0.29) is 6.61 Å². The molecule has 0 saturated carbocycles. The number of halogens is 1. The van der Waals surface area contributed by atoms with Crippen molar-refractivity contribution in [3.63, 3.8) is 0 Å². The number of benzene rings is 1. The van der Waals surface area contributed by atoms with Gasteiger partial charge in [-0.05, 0) is 36.2 Å². The van der Waals surface area contributed by atoms with Crippen molar-refractivity contribution in [3.8, 4) is 11.6 Å². The Morgan fingerprint density at radius 2 is 2.11 bits per heavy atom. The van der Waals surface area contributed by atoms with Crippen molar-refractivity contribution in [2.24, 2.45) is 0 Å². The Bertz CT molecular complexity index is 558. The molecule has 0 atom stereocenters. The summed E-state index contributed by atoms with van der Waals surface area (Å²) < 4.78 is 6.69. The van der Waals surface area contributed by atoms with Gasteiger partial charge in [-0.15, -0.1) is 0 Å². The predicted octanol–water partition coefficient (Wildman–Crippen LogP) is 4.08. The zero-order valence-electron chi connectivity index (χ0n) is 10.8. The van der Waals surface area contributed by atoms with Crippen LogP contribution in [0.4, 0.5) is 0 Å². The molecule has 0 aliphatic carbocycles. The highest BCUT2D eigenvalue weighted by molar-refractivity contribution is 9.10. The Labute approximate surface area is 121 Å². The maximum atomic E-state index is 9.27. The monoisotopic (exact) mass is 321 g/mol. The van der Waals surface area contributed by atoms with E-state index in [1.54, 1.807) is 6.07 Å². The number of ether oxygens (including phenoxy) is 1. The van der Waals surface area contributed by atoms with Crippen LogP contribution in [0.3, 0.4) is 0 Å². The van der Waals surface area contributed by atoms with Crippen LogP contribution < -0.4 is 4.74 Å². The lowest BCUT2D eigenvalue weighted by molar-refractivity contribution is 0.280. The van der Waals surface area contributed by atoms with Gasteiger partial charge in [0.25, 0.3) is 0 Å². The summed E-state index contributed by atoms with van der Waals surface area (Å²) in [4.78, 5) is 4.45. The lowest BCUT2D eigenvalue weighted by Gasteiger charge is -2.09. The van der Waals surface area contributed by atoms with Gasteiger partial charge in [-0.2, -0.15) is 0 Å². The van der Waals surface area contributed by atoms with E-state index in [2.05, 4.69) is 27.8 Å². The van der Waals surface area contributed by atoms with E-state index < -0.39 is 0 Å². The molecule has 0 unspecified atom stereocenters. The maximum Gasteiger partial charge on any atom is 0.219 e. The molecule has 1 aromatic carbocycles. The van der Waals surface area contributed by atoms with Crippen LogP contribution in [-0.4, -0.2) is 10.1 Å². The lowest BCUT2D eigenvalue weighted by atomic mass is 10.2. The van der Waals surface area contributed by atoms with E-state index in [0.717, 1.165) is 34.3 Å². The summed E-state index contributed by atoms with van der Waals surface area (Å²) in [7, 11) is 0. The molecule has 1 aromatic heterocycles. The van der Waals surface area contributed by atoms with Gasteiger partial charge in [0.2, 0.25) is 5.88 Å². The van der Waals surface area contributed by atoms with Gasteiger partial charge >= 0.3 is 0 Å². The Morgan fingerprint density at radius 1 is 1.26 bits per heavy atom. The molecule has 0 saturated heterocycles. The molecule has 0 bridgehead atoms. The number of aryl methyl sites for hydroxylation is 1. The number of hydrogen-bond acceptors (Lipinski definition) is 3. The predicted molar refractivity (Wildman–Crippen MR) is 78.4 cm³/mol. The summed E-state index contributed by atoms with van der Waals surface area (Å²) in [6.45, 7) is 2.09. The minimum Gasteiger partial charge on any atom is -0.439 e. The summed E-state index contributed by atoms with van der Waals surface area (Å²) in [5.74, 6) is 1.24. The van der Waals surface area contributed by atoms with Gasteiger partial charge in [-0.1, -0.05) is 35.3 Å². The summed E-state index contributed by atoms with van der Waals surface area (Å²) >= 11 is 3.40. The molecule has 4 heteroatoms. The SMILES string of the molecule is CCCc1cc(CO)cc(Oc2cccc(Br)c2)n1. The number of nitrogens with zero attached hydrogens (tertiary/aromatic N) is 1. The fraction of sp³-hybridized carbons (Fsp3) is 0.267. The molecule has 100 valence electrons. The van der Waals surface area contributed by atoms with Crippen molar-refractivity contribution in [1.29, 1.82) is 0 Å². The molecule has 1 heterocycles. The number of aromatic nitrogens is 1. The average molecular weight is 322 g/mol. The third-order valence-corrected chi connectivity index (χ3v) is 3.12. The number of aliphatic hydroxyl groups excluding tert-OH is 1. The third kappa shape index (κ3) is 4.04. The van der Waals surface area contributed by atoms with Gasteiger partial charge in [0.15, 0.2) is 0 Å². The molecule has 19 heavy (non-hydrogen) atoms. The zero-order valence-corrected chi connectivity index (χ0v) is 12.4. The molecule has 0 radical (unpaired) electrons. The Kier molecular flexibility index (Phi) is 4.93. The van der Waals surface area contributed by atoms with E-state index in [1.807, 2.05) is 30.3 Å². The molecule has 2 aromatic rings. The van der Waals surface area contributed by atoms with E-state index >= 15 is 0 Å². The molecular weight excluding hydrogens is 306 g/mol. The van der Waals surface area contributed by atoms with Gasteiger partial charge in [0, 0.05) is 16.2 Å². The number of aliphatic hydroxyl groups is 1. The van der Waals surface area contributed by atoms with Crippen LogP contribution in [0.15, 0.2) is 40.9 Å². The van der Waals surface area contributed by atoms with Crippen molar-refractivity contribution in [2.75, 3.05) is 0 Å². The fourth-order valence-electron chi connectivity index (χ4n) is 1.80. The van der Waals surface area contributed by atoms with Crippen LogP contribution in [0, 0.1) is 0 Å². The first-order chi connectivity index (χ1) is 9.21. The normalized spacial score (nSPS) is 10.5. The van der Waals surface area contributed by atoms with Crippen LogP contribution in [0.2, 0.25) is 0 Å². The van der Waals surface area contributed by atoms with E-state index in [9.17, 15) is 5.11 Å². The standard InChI is InChI=1S/C15H16BrNO2/c1-2-4-13-7-11(10-18)8-15(17-13)19-14-6-3-5-12(16)9-14/h3,5-9,18H,2,4,10H2,1H3. The Balaban J connectivity index is 2.26. The molecule has 1 N–H and O–H groups in total. The van der Waals surface area contributed by atoms with Crippen molar-refractivity contribution in [2.45, 2.75) is 26.4 Å². The largest absolute Gasteiger partial charge is 0.439 e. The minimum absolute atomic E-state index is 0.00587. The third-order valence-electron chi connectivity index (χ3n) is 2.62. The van der Waals surface area contributed by atoms with Crippen LogP contribution in [0.5, 0.6) is 11.6 Å². The van der Waals surface area contributed by atoms with Crippen LogP contribution in [-0.2, 0) is 13.0 Å². The quantitative estimate of drug-likeness (QED) is 0.902. The van der Waals surface area contributed by atoms with Crippen LogP contribution in [0.25, 0.3) is 0 Å². The van der Waals surface area contributed by atoms with Gasteiger partial charge in [-0.25, -0.2) is 4.98 Å². The first-order valence-electron chi connectivity index (χ1n) is 6.25. The molecular formula is C15H16BrNO2. The summed E-state index contributed by atoms with van der Waals surface area (Å²) in [6.07, 6.45) is 1.89. The fourth-order valence-corrected chi connectivity index (χ4v) is 2.18. The molecule has 0 spiro atoms. The highest BCUT2D eigenvalue weighted by Gasteiger charge is 2.05. The van der Waals surface area contributed by atoms with Crippen molar-refractivity contribution in [3.05, 3.63) is 52.1 Å². The number of pyridine rings is 1. The summed E-state index contributed by atoms with van der Waals surface area (Å²) in [6, 6.07) is 11.3. The van der Waals surface area contributed by atoms with E-state index in [4.69, 9.17) is 4.74 Å². The van der Waals surface area contributed by atoms with Gasteiger partial charge in [-0.3, -0.25) is 0 Å².